The molecule has 0 spiro atoms. The summed E-state index contributed by atoms with van der Waals surface area (Å²) < 4.78 is 42.8. The van der Waals surface area contributed by atoms with Crippen molar-refractivity contribution in [2.45, 2.75) is 19.3 Å². The van der Waals surface area contributed by atoms with E-state index in [0.717, 1.165) is 0 Å². The molecule has 1 heterocycles. The van der Waals surface area contributed by atoms with Crippen molar-refractivity contribution in [2.75, 3.05) is 0 Å². The minimum absolute atomic E-state index is 0.265. The Labute approximate surface area is 114 Å². The molecule has 1 aromatic carbocycles. The molecule has 0 saturated heterocycles. The van der Waals surface area contributed by atoms with E-state index >= 15 is 0 Å². The predicted molar refractivity (Wildman–Crippen MR) is 67.1 cm³/mol. The van der Waals surface area contributed by atoms with Gasteiger partial charge in [-0.15, -0.1) is 13.2 Å². The van der Waals surface area contributed by atoms with Crippen LogP contribution in [-0.2, 0) is 7.05 Å². The van der Waals surface area contributed by atoms with Gasteiger partial charge in [0.15, 0.2) is 0 Å². The van der Waals surface area contributed by atoms with Crippen LogP contribution in [0.25, 0.3) is 0 Å². The molecular weight excluding hydrogens is 271 g/mol. The lowest BCUT2D eigenvalue weighted by atomic mass is 9.99. The first kappa shape index (κ1) is 14.4. The minimum Gasteiger partial charge on any atom is -0.405 e. The summed E-state index contributed by atoms with van der Waals surface area (Å²) in [7, 11) is 1.72. The van der Waals surface area contributed by atoms with E-state index in [-0.39, 0.29) is 11.3 Å². The lowest BCUT2D eigenvalue weighted by Gasteiger charge is -2.17. The van der Waals surface area contributed by atoms with Crippen LogP contribution >= 0.6 is 0 Å². The highest BCUT2D eigenvalue weighted by Crippen LogP contribution is 2.32. The molecule has 0 saturated carbocycles. The smallest absolute Gasteiger partial charge is 0.405 e. The zero-order valence-corrected chi connectivity index (χ0v) is 11.0. The van der Waals surface area contributed by atoms with Gasteiger partial charge < -0.3 is 10.5 Å². The molecule has 0 radical (unpaired) electrons. The van der Waals surface area contributed by atoms with E-state index in [2.05, 4.69) is 9.84 Å². The standard InChI is InChI=1S/C13H14F3N3O/c1-8-10(7-19(2)18-8)12(17)9-5-3-4-6-11(9)20-13(14,15)16/h3-7,12H,17H2,1-2H3. The second-order valence-electron chi connectivity index (χ2n) is 4.41. The summed E-state index contributed by atoms with van der Waals surface area (Å²) in [5, 5.41) is 4.14. The van der Waals surface area contributed by atoms with E-state index < -0.39 is 12.4 Å². The van der Waals surface area contributed by atoms with Gasteiger partial charge in [0, 0.05) is 24.4 Å². The maximum absolute atomic E-state index is 12.4. The van der Waals surface area contributed by atoms with E-state index in [1.54, 1.807) is 30.9 Å². The molecule has 1 atom stereocenters. The van der Waals surface area contributed by atoms with Crippen LogP contribution in [0.15, 0.2) is 30.5 Å². The van der Waals surface area contributed by atoms with Crippen molar-refractivity contribution in [3.8, 4) is 5.75 Å². The number of hydrogen-bond donors (Lipinski definition) is 1. The Morgan fingerprint density at radius 3 is 2.45 bits per heavy atom. The van der Waals surface area contributed by atoms with Crippen LogP contribution in [0.4, 0.5) is 13.2 Å². The summed E-state index contributed by atoms with van der Waals surface area (Å²) >= 11 is 0. The number of aryl methyl sites for hydroxylation is 2. The maximum atomic E-state index is 12.4. The number of halogens is 3. The summed E-state index contributed by atoms with van der Waals surface area (Å²) in [6, 6.07) is 5.10. The Kier molecular flexibility index (Phi) is 3.71. The minimum atomic E-state index is -4.75. The first-order valence-electron chi connectivity index (χ1n) is 5.88. The SMILES string of the molecule is Cc1nn(C)cc1C(N)c1ccccc1OC(F)(F)F. The first-order chi connectivity index (χ1) is 9.28. The van der Waals surface area contributed by atoms with E-state index in [1.807, 2.05) is 0 Å². The van der Waals surface area contributed by atoms with Gasteiger partial charge >= 0.3 is 6.36 Å². The summed E-state index contributed by atoms with van der Waals surface area (Å²) in [6.07, 6.45) is -3.07. The second kappa shape index (κ2) is 5.16. The molecule has 1 unspecified atom stereocenters. The van der Waals surface area contributed by atoms with Crippen LogP contribution < -0.4 is 10.5 Å². The molecule has 0 aliphatic carbocycles. The van der Waals surface area contributed by atoms with E-state index in [1.165, 1.54) is 18.2 Å². The molecule has 4 nitrogen and oxygen atoms in total. The molecule has 108 valence electrons. The third kappa shape index (κ3) is 3.11. The van der Waals surface area contributed by atoms with Crippen molar-refractivity contribution in [1.82, 2.24) is 9.78 Å². The predicted octanol–water partition coefficient (Wildman–Crippen LogP) is 2.68. The lowest BCUT2D eigenvalue weighted by Crippen LogP contribution is -2.20. The summed E-state index contributed by atoms with van der Waals surface area (Å²) in [5.74, 6) is -0.296. The number of rotatable bonds is 3. The monoisotopic (exact) mass is 285 g/mol. The zero-order valence-electron chi connectivity index (χ0n) is 11.0. The van der Waals surface area contributed by atoms with Gasteiger partial charge in [0.25, 0.3) is 0 Å². The molecule has 0 aliphatic rings. The average molecular weight is 285 g/mol. The third-order valence-corrected chi connectivity index (χ3v) is 2.87. The molecule has 2 aromatic rings. The van der Waals surface area contributed by atoms with Gasteiger partial charge in [-0.1, -0.05) is 18.2 Å². The Balaban J connectivity index is 2.40. The molecule has 2 rings (SSSR count). The Morgan fingerprint density at radius 1 is 1.25 bits per heavy atom. The normalized spacial score (nSPS) is 13.3. The number of nitrogens with zero attached hydrogens (tertiary/aromatic N) is 2. The van der Waals surface area contributed by atoms with Gasteiger partial charge in [-0.2, -0.15) is 5.10 Å². The van der Waals surface area contributed by atoms with Crippen molar-refractivity contribution in [3.05, 3.63) is 47.3 Å². The number of nitrogens with two attached hydrogens (primary N) is 1. The van der Waals surface area contributed by atoms with E-state index in [0.29, 0.717) is 11.3 Å². The largest absolute Gasteiger partial charge is 0.573 e. The fraction of sp³-hybridized carbons (Fsp3) is 0.308. The Hall–Kier alpha value is -2.02. The fourth-order valence-electron chi connectivity index (χ4n) is 2.05. The van der Waals surface area contributed by atoms with Crippen LogP contribution in [0.5, 0.6) is 5.75 Å². The first-order valence-corrected chi connectivity index (χ1v) is 5.88. The molecular formula is C13H14F3N3O. The number of benzene rings is 1. The van der Waals surface area contributed by atoms with Gasteiger partial charge in [-0.3, -0.25) is 4.68 Å². The fourth-order valence-corrected chi connectivity index (χ4v) is 2.05. The number of alkyl halides is 3. The van der Waals surface area contributed by atoms with Crippen LogP contribution in [0.1, 0.15) is 22.9 Å². The van der Waals surface area contributed by atoms with Crippen LogP contribution in [-0.4, -0.2) is 16.1 Å². The molecule has 7 heteroatoms. The van der Waals surface area contributed by atoms with Crippen LogP contribution in [0.3, 0.4) is 0 Å². The number of para-hydroxylation sites is 1. The molecule has 0 fully saturated rings. The number of aromatic nitrogens is 2. The lowest BCUT2D eigenvalue weighted by molar-refractivity contribution is -0.274. The summed E-state index contributed by atoms with van der Waals surface area (Å²) in [5.41, 5.74) is 7.64. The Morgan fingerprint density at radius 2 is 1.90 bits per heavy atom. The molecule has 2 N–H and O–H groups in total. The van der Waals surface area contributed by atoms with Gasteiger partial charge in [0.2, 0.25) is 0 Å². The Bertz CT molecular complexity index is 607. The average Bonchev–Trinajstić information content (AvgIpc) is 2.66. The van der Waals surface area contributed by atoms with Crippen molar-refractivity contribution in [2.24, 2.45) is 12.8 Å². The van der Waals surface area contributed by atoms with E-state index in [9.17, 15) is 13.2 Å². The number of ether oxygens (including phenoxy) is 1. The number of hydrogen-bond acceptors (Lipinski definition) is 3. The quantitative estimate of drug-likeness (QED) is 0.943. The van der Waals surface area contributed by atoms with Crippen LogP contribution in [0.2, 0.25) is 0 Å². The molecule has 0 bridgehead atoms. The van der Waals surface area contributed by atoms with Crippen molar-refractivity contribution < 1.29 is 17.9 Å². The molecule has 0 aliphatic heterocycles. The second-order valence-corrected chi connectivity index (χ2v) is 4.41. The van der Waals surface area contributed by atoms with Gasteiger partial charge in [0.1, 0.15) is 5.75 Å². The topological polar surface area (TPSA) is 53.1 Å². The highest BCUT2D eigenvalue weighted by Gasteiger charge is 2.33. The van der Waals surface area contributed by atoms with Crippen molar-refractivity contribution in [3.63, 3.8) is 0 Å². The van der Waals surface area contributed by atoms with Gasteiger partial charge in [0.05, 0.1) is 11.7 Å². The molecule has 0 amide bonds. The van der Waals surface area contributed by atoms with Crippen molar-refractivity contribution >= 4 is 0 Å². The highest BCUT2D eigenvalue weighted by atomic mass is 19.4. The maximum Gasteiger partial charge on any atom is 0.573 e. The summed E-state index contributed by atoms with van der Waals surface area (Å²) in [6.45, 7) is 1.75. The van der Waals surface area contributed by atoms with Gasteiger partial charge in [-0.25, -0.2) is 0 Å². The highest BCUT2D eigenvalue weighted by molar-refractivity contribution is 5.41. The zero-order chi connectivity index (χ0) is 14.9. The summed E-state index contributed by atoms with van der Waals surface area (Å²) in [4.78, 5) is 0. The van der Waals surface area contributed by atoms with E-state index in [4.69, 9.17) is 5.73 Å². The molecule has 20 heavy (non-hydrogen) atoms. The van der Waals surface area contributed by atoms with Crippen molar-refractivity contribution in [1.29, 1.82) is 0 Å². The third-order valence-electron chi connectivity index (χ3n) is 2.87. The van der Waals surface area contributed by atoms with Gasteiger partial charge in [-0.05, 0) is 13.0 Å². The molecule has 1 aromatic heterocycles. The van der Waals surface area contributed by atoms with Crippen LogP contribution in [0, 0.1) is 6.92 Å².